The maximum Gasteiger partial charge on any atom is 0.573 e. The smallest absolute Gasteiger partial charge is 0.479 e. The molecule has 2 fully saturated rings. The summed E-state index contributed by atoms with van der Waals surface area (Å²) in [7, 11) is 0. The number of carboxylic acids is 1. The number of nitrogens with one attached hydrogen (secondary N) is 1. The molecule has 3 atom stereocenters. The molecule has 0 unspecified atom stereocenters. The molecule has 1 saturated heterocycles. The van der Waals surface area contributed by atoms with Crippen LogP contribution in [-0.2, 0) is 15.1 Å². The average molecular weight is 458 g/mol. The van der Waals surface area contributed by atoms with Gasteiger partial charge >= 0.3 is 12.3 Å². The van der Waals surface area contributed by atoms with Crippen LogP contribution >= 0.6 is 0 Å². The fourth-order valence-corrected chi connectivity index (χ4v) is 4.83. The summed E-state index contributed by atoms with van der Waals surface area (Å²) in [6.45, 7) is 2.87. The summed E-state index contributed by atoms with van der Waals surface area (Å²) in [5.41, 5.74) is -0.352. The molecule has 1 saturated carbocycles. The Balaban J connectivity index is 1.87. The molecule has 1 heterocycles. The normalized spacial score (nSPS) is 24.2. The minimum absolute atomic E-state index is 0.186. The second kappa shape index (κ2) is 9.66. The van der Waals surface area contributed by atoms with E-state index in [0.29, 0.717) is 25.1 Å². The number of aliphatic carboxylic acids is 1. The fraction of sp³-hybridized carbons (Fsp3) is 0.636. The Morgan fingerprint density at radius 1 is 1.25 bits per heavy atom. The van der Waals surface area contributed by atoms with E-state index >= 15 is 0 Å². The number of benzene rings is 1. The summed E-state index contributed by atoms with van der Waals surface area (Å²) in [5.74, 6) is -3.16. The first-order valence-corrected chi connectivity index (χ1v) is 10.8. The quantitative estimate of drug-likeness (QED) is 0.581. The summed E-state index contributed by atoms with van der Waals surface area (Å²) in [4.78, 5) is 26.7. The van der Waals surface area contributed by atoms with Crippen LogP contribution in [0.3, 0.4) is 0 Å². The highest BCUT2D eigenvalue weighted by atomic mass is 19.4. The zero-order valence-electron chi connectivity index (χ0n) is 17.9. The summed E-state index contributed by atoms with van der Waals surface area (Å²) in [5, 5.41) is 22.9. The van der Waals surface area contributed by atoms with Gasteiger partial charge in [-0.15, -0.1) is 13.2 Å². The molecule has 3 N–H and O–H groups in total. The van der Waals surface area contributed by atoms with Crippen molar-refractivity contribution >= 4 is 11.9 Å². The minimum Gasteiger partial charge on any atom is -0.479 e. The molecule has 32 heavy (non-hydrogen) atoms. The number of aliphatic hydroxyl groups excluding tert-OH is 1. The highest BCUT2D eigenvalue weighted by Gasteiger charge is 2.45. The number of alkyl halides is 3. The molecule has 178 valence electrons. The van der Waals surface area contributed by atoms with Gasteiger partial charge in [-0.05, 0) is 37.0 Å². The van der Waals surface area contributed by atoms with Gasteiger partial charge < -0.3 is 25.2 Å². The van der Waals surface area contributed by atoms with E-state index in [-0.39, 0.29) is 18.2 Å². The molecule has 1 aromatic carbocycles. The largest absolute Gasteiger partial charge is 0.573 e. The van der Waals surface area contributed by atoms with Crippen LogP contribution in [0.4, 0.5) is 13.2 Å². The molecule has 0 radical (unpaired) electrons. The molecular formula is C22H29F3N2O5. The lowest BCUT2D eigenvalue weighted by Crippen LogP contribution is -2.61. The van der Waals surface area contributed by atoms with Gasteiger partial charge in [0.2, 0.25) is 5.91 Å². The van der Waals surface area contributed by atoms with Crippen LogP contribution < -0.4 is 10.1 Å². The van der Waals surface area contributed by atoms with Gasteiger partial charge in [-0.3, -0.25) is 4.79 Å². The van der Waals surface area contributed by atoms with Crippen molar-refractivity contribution in [1.29, 1.82) is 0 Å². The molecule has 2 aliphatic rings. The Hall–Kier alpha value is -2.33. The molecule has 7 nitrogen and oxygen atoms in total. The van der Waals surface area contributed by atoms with E-state index in [1.165, 1.54) is 24.3 Å². The molecule has 3 rings (SSSR count). The van der Waals surface area contributed by atoms with E-state index < -0.39 is 35.8 Å². The number of hydrogen-bond donors (Lipinski definition) is 3. The van der Waals surface area contributed by atoms with Gasteiger partial charge in [-0.2, -0.15) is 0 Å². The van der Waals surface area contributed by atoms with E-state index in [9.17, 15) is 33.0 Å². The molecule has 1 amide bonds. The third-order valence-corrected chi connectivity index (χ3v) is 6.57. The van der Waals surface area contributed by atoms with E-state index in [1.54, 1.807) is 11.8 Å². The lowest BCUT2D eigenvalue weighted by Gasteiger charge is -2.47. The molecule has 10 heteroatoms. The predicted molar refractivity (Wildman–Crippen MR) is 109 cm³/mol. The van der Waals surface area contributed by atoms with Crippen molar-refractivity contribution in [3.8, 4) is 5.75 Å². The van der Waals surface area contributed by atoms with Gasteiger partial charge in [0.1, 0.15) is 5.75 Å². The van der Waals surface area contributed by atoms with Gasteiger partial charge in [-0.1, -0.05) is 37.8 Å². The Morgan fingerprint density at radius 3 is 2.44 bits per heavy atom. The number of piperazine rings is 1. The SMILES string of the molecule is C[C@@]1(c2ccc(OC(F)(F)F)cc2)CNCCN1C(=O)[C@@H](CC1CCCC1)[C@H](O)C(=O)O. The van der Waals surface area contributed by atoms with Crippen LogP contribution in [0.2, 0.25) is 0 Å². The maximum absolute atomic E-state index is 13.6. The van der Waals surface area contributed by atoms with E-state index in [1.807, 2.05) is 0 Å². The highest BCUT2D eigenvalue weighted by Crippen LogP contribution is 2.37. The number of aliphatic hydroxyl groups is 1. The minimum atomic E-state index is -4.81. The first kappa shape index (κ1) is 24.3. The second-order valence-electron chi connectivity index (χ2n) is 8.79. The fourth-order valence-electron chi connectivity index (χ4n) is 4.83. The van der Waals surface area contributed by atoms with Gasteiger partial charge in [0.25, 0.3) is 0 Å². The molecular weight excluding hydrogens is 429 g/mol. The van der Waals surface area contributed by atoms with E-state index in [4.69, 9.17) is 0 Å². The first-order valence-electron chi connectivity index (χ1n) is 10.8. The molecule has 1 aliphatic carbocycles. The zero-order chi connectivity index (χ0) is 23.5. The Morgan fingerprint density at radius 2 is 1.88 bits per heavy atom. The maximum atomic E-state index is 13.6. The molecule has 0 bridgehead atoms. The van der Waals surface area contributed by atoms with Crippen molar-refractivity contribution in [3.05, 3.63) is 29.8 Å². The van der Waals surface area contributed by atoms with Crippen molar-refractivity contribution in [2.45, 2.75) is 57.0 Å². The standard InChI is InChI=1S/C22H29F3N2O5/c1-21(15-6-8-16(9-7-15)32-22(23,24)25)13-26-10-11-27(21)19(29)17(18(28)20(30)31)12-14-4-2-3-5-14/h6-9,14,17-18,26,28H,2-5,10-13H2,1H3,(H,30,31)/t17-,18-,21-/m0/s1. The van der Waals surface area contributed by atoms with Crippen molar-refractivity contribution < 1.29 is 37.7 Å². The first-order chi connectivity index (χ1) is 15.0. The zero-order valence-corrected chi connectivity index (χ0v) is 17.9. The topological polar surface area (TPSA) is 99.1 Å². The Labute approximate surface area is 184 Å². The van der Waals surface area contributed by atoms with Crippen LogP contribution in [0.5, 0.6) is 5.75 Å². The number of carbonyl (C=O) groups excluding carboxylic acids is 1. The number of hydrogen-bond acceptors (Lipinski definition) is 5. The average Bonchev–Trinajstić information content (AvgIpc) is 3.24. The van der Waals surface area contributed by atoms with Gasteiger partial charge in [0, 0.05) is 19.6 Å². The van der Waals surface area contributed by atoms with Crippen molar-refractivity contribution in [2.24, 2.45) is 11.8 Å². The summed E-state index contributed by atoms with van der Waals surface area (Å²) in [6, 6.07) is 5.31. The third-order valence-electron chi connectivity index (χ3n) is 6.57. The van der Waals surface area contributed by atoms with Crippen LogP contribution in [0.15, 0.2) is 24.3 Å². The summed E-state index contributed by atoms with van der Waals surface area (Å²) >= 11 is 0. The second-order valence-corrected chi connectivity index (χ2v) is 8.79. The number of amides is 1. The van der Waals surface area contributed by atoms with E-state index in [0.717, 1.165) is 25.7 Å². The summed E-state index contributed by atoms with van der Waals surface area (Å²) in [6.07, 6.45) is -2.49. The summed E-state index contributed by atoms with van der Waals surface area (Å²) < 4.78 is 41.4. The van der Waals surface area contributed by atoms with Crippen LogP contribution in [-0.4, -0.2) is 59.1 Å². The highest BCUT2D eigenvalue weighted by molar-refractivity contribution is 5.86. The van der Waals surface area contributed by atoms with Gasteiger partial charge in [0.05, 0.1) is 11.5 Å². The lowest BCUT2D eigenvalue weighted by atomic mass is 9.83. The Kier molecular flexibility index (Phi) is 7.34. The van der Waals surface area contributed by atoms with Gasteiger partial charge in [0.15, 0.2) is 6.10 Å². The molecule has 1 aliphatic heterocycles. The molecule has 0 aromatic heterocycles. The van der Waals surface area contributed by atoms with Crippen molar-refractivity contribution in [3.63, 3.8) is 0 Å². The third kappa shape index (κ3) is 5.53. The van der Waals surface area contributed by atoms with Crippen LogP contribution in [0, 0.1) is 11.8 Å². The number of ether oxygens (including phenoxy) is 1. The number of halogens is 3. The van der Waals surface area contributed by atoms with Gasteiger partial charge in [-0.25, -0.2) is 4.79 Å². The Bertz CT molecular complexity index is 811. The number of nitrogens with zero attached hydrogens (tertiary/aromatic N) is 1. The monoisotopic (exact) mass is 458 g/mol. The molecule has 0 spiro atoms. The van der Waals surface area contributed by atoms with E-state index in [2.05, 4.69) is 10.1 Å². The number of carboxylic acid groups (broad SMARTS) is 1. The van der Waals surface area contributed by atoms with Crippen LogP contribution in [0.1, 0.15) is 44.6 Å². The van der Waals surface area contributed by atoms with Crippen molar-refractivity contribution in [2.75, 3.05) is 19.6 Å². The van der Waals surface area contributed by atoms with Crippen molar-refractivity contribution in [1.82, 2.24) is 10.2 Å². The lowest BCUT2D eigenvalue weighted by molar-refractivity contribution is -0.274. The number of carbonyl (C=O) groups is 2. The number of rotatable bonds is 7. The predicted octanol–water partition coefficient (Wildman–Crippen LogP) is 2.87. The molecule has 1 aromatic rings. The van der Waals surface area contributed by atoms with Crippen LogP contribution in [0.25, 0.3) is 0 Å².